The van der Waals surface area contributed by atoms with E-state index in [0.717, 1.165) is 5.56 Å². The summed E-state index contributed by atoms with van der Waals surface area (Å²) in [5, 5.41) is 3.72. The molecule has 7 nitrogen and oxygen atoms in total. The molecule has 134 valence electrons. The molecule has 1 aromatic heterocycles. The SMILES string of the molecule is Cc1ccc(C(=O)N2CCN(S(=O)(=O)c3c(C)noc3C)CC2)cc1. The van der Waals surface area contributed by atoms with E-state index in [4.69, 9.17) is 4.52 Å². The van der Waals surface area contributed by atoms with E-state index in [1.165, 1.54) is 4.31 Å². The van der Waals surface area contributed by atoms with E-state index < -0.39 is 10.0 Å². The van der Waals surface area contributed by atoms with Crippen LogP contribution in [0.5, 0.6) is 0 Å². The summed E-state index contributed by atoms with van der Waals surface area (Å²) in [5.74, 6) is 0.213. The number of hydrogen-bond donors (Lipinski definition) is 0. The second-order valence-electron chi connectivity index (χ2n) is 6.22. The fraction of sp³-hybridized carbons (Fsp3) is 0.412. The molecule has 1 aromatic carbocycles. The number of aromatic nitrogens is 1. The monoisotopic (exact) mass is 363 g/mol. The van der Waals surface area contributed by atoms with Crippen molar-refractivity contribution in [1.29, 1.82) is 0 Å². The molecule has 3 rings (SSSR count). The fourth-order valence-electron chi connectivity index (χ4n) is 2.98. The van der Waals surface area contributed by atoms with Crippen LogP contribution in [-0.4, -0.2) is 54.9 Å². The van der Waals surface area contributed by atoms with Crippen molar-refractivity contribution in [2.75, 3.05) is 26.2 Å². The molecule has 8 heteroatoms. The van der Waals surface area contributed by atoms with Crippen LogP contribution < -0.4 is 0 Å². The van der Waals surface area contributed by atoms with E-state index in [9.17, 15) is 13.2 Å². The molecule has 25 heavy (non-hydrogen) atoms. The van der Waals surface area contributed by atoms with Crippen LogP contribution >= 0.6 is 0 Å². The highest BCUT2D eigenvalue weighted by atomic mass is 32.2. The third-order valence-electron chi connectivity index (χ3n) is 4.39. The quantitative estimate of drug-likeness (QED) is 0.829. The van der Waals surface area contributed by atoms with Crippen LogP contribution in [0.25, 0.3) is 0 Å². The molecule has 1 aliphatic rings. The van der Waals surface area contributed by atoms with Crippen molar-refractivity contribution in [2.45, 2.75) is 25.7 Å². The number of hydrogen-bond acceptors (Lipinski definition) is 5. The van der Waals surface area contributed by atoms with E-state index in [1.54, 1.807) is 30.9 Å². The van der Waals surface area contributed by atoms with Gasteiger partial charge in [0.15, 0.2) is 5.76 Å². The van der Waals surface area contributed by atoms with Gasteiger partial charge in [-0.2, -0.15) is 4.31 Å². The van der Waals surface area contributed by atoms with Gasteiger partial charge < -0.3 is 9.42 Å². The minimum absolute atomic E-state index is 0.0746. The van der Waals surface area contributed by atoms with Gasteiger partial charge in [-0.3, -0.25) is 4.79 Å². The maximum atomic E-state index is 12.8. The molecule has 0 aliphatic carbocycles. The molecule has 2 aromatic rings. The fourth-order valence-corrected chi connectivity index (χ4v) is 4.70. The van der Waals surface area contributed by atoms with Crippen LogP contribution in [0.15, 0.2) is 33.7 Å². The van der Waals surface area contributed by atoms with Gasteiger partial charge in [0.2, 0.25) is 10.0 Å². The average Bonchev–Trinajstić information content (AvgIpc) is 2.94. The van der Waals surface area contributed by atoms with Crippen LogP contribution in [-0.2, 0) is 10.0 Å². The lowest BCUT2D eigenvalue weighted by atomic mass is 10.1. The molecule has 1 saturated heterocycles. The summed E-state index contributed by atoms with van der Waals surface area (Å²) in [7, 11) is -3.66. The highest BCUT2D eigenvalue weighted by molar-refractivity contribution is 7.89. The Labute approximate surface area is 147 Å². The second kappa shape index (κ2) is 6.61. The molecule has 1 amide bonds. The van der Waals surface area contributed by atoms with Crippen LogP contribution in [0.3, 0.4) is 0 Å². The molecule has 0 saturated carbocycles. The lowest BCUT2D eigenvalue weighted by molar-refractivity contribution is 0.0698. The molecule has 0 N–H and O–H groups in total. The first-order chi connectivity index (χ1) is 11.8. The molecule has 0 bridgehead atoms. The van der Waals surface area contributed by atoms with Crippen LogP contribution in [0.2, 0.25) is 0 Å². The van der Waals surface area contributed by atoms with Gasteiger partial charge in [-0.25, -0.2) is 8.42 Å². The summed E-state index contributed by atoms with van der Waals surface area (Å²) >= 11 is 0. The number of sulfonamides is 1. The summed E-state index contributed by atoms with van der Waals surface area (Å²) in [6.45, 7) is 6.38. The summed E-state index contributed by atoms with van der Waals surface area (Å²) in [6, 6.07) is 7.38. The molecule has 1 fully saturated rings. The highest BCUT2D eigenvalue weighted by Crippen LogP contribution is 2.24. The summed E-state index contributed by atoms with van der Waals surface area (Å²) < 4.78 is 32.0. The Morgan fingerprint density at radius 3 is 2.16 bits per heavy atom. The van der Waals surface area contributed by atoms with Gasteiger partial charge in [-0.05, 0) is 32.9 Å². The van der Waals surface area contributed by atoms with Gasteiger partial charge in [0.05, 0.1) is 0 Å². The van der Waals surface area contributed by atoms with E-state index in [2.05, 4.69) is 5.16 Å². The molecule has 0 spiro atoms. The zero-order chi connectivity index (χ0) is 18.2. The molecular weight excluding hydrogens is 342 g/mol. The van der Waals surface area contributed by atoms with E-state index >= 15 is 0 Å². The lowest BCUT2D eigenvalue weighted by Crippen LogP contribution is -2.50. The molecule has 2 heterocycles. The van der Waals surface area contributed by atoms with Crippen LogP contribution in [0, 0.1) is 20.8 Å². The largest absolute Gasteiger partial charge is 0.360 e. The Bertz CT molecular complexity index is 860. The molecule has 0 radical (unpaired) electrons. The Hall–Kier alpha value is -2.19. The first kappa shape index (κ1) is 17.6. The Balaban J connectivity index is 1.71. The topological polar surface area (TPSA) is 83.7 Å². The number of carbonyl (C=O) groups is 1. The summed E-state index contributed by atoms with van der Waals surface area (Å²) in [6.07, 6.45) is 0. The van der Waals surface area contributed by atoms with Crippen molar-refractivity contribution in [3.63, 3.8) is 0 Å². The zero-order valence-corrected chi connectivity index (χ0v) is 15.3. The number of rotatable bonds is 3. The van der Waals surface area contributed by atoms with Gasteiger partial charge in [-0.15, -0.1) is 0 Å². The van der Waals surface area contributed by atoms with Crippen molar-refractivity contribution in [3.8, 4) is 0 Å². The number of aryl methyl sites for hydroxylation is 3. The van der Waals surface area contributed by atoms with Gasteiger partial charge in [0, 0.05) is 31.7 Å². The van der Waals surface area contributed by atoms with Crippen molar-refractivity contribution in [2.24, 2.45) is 0 Å². The number of benzene rings is 1. The molecule has 1 aliphatic heterocycles. The van der Waals surface area contributed by atoms with Gasteiger partial charge in [-0.1, -0.05) is 22.9 Å². The third kappa shape index (κ3) is 3.32. The minimum Gasteiger partial charge on any atom is -0.360 e. The predicted octanol–water partition coefficient (Wildman–Crippen LogP) is 1.75. The third-order valence-corrected chi connectivity index (χ3v) is 6.53. The normalized spacial score (nSPS) is 16.2. The van der Waals surface area contributed by atoms with E-state index in [1.807, 2.05) is 19.1 Å². The van der Waals surface area contributed by atoms with Crippen LogP contribution in [0.1, 0.15) is 27.4 Å². The Morgan fingerprint density at radius 1 is 1.04 bits per heavy atom. The van der Waals surface area contributed by atoms with Crippen molar-refractivity contribution in [1.82, 2.24) is 14.4 Å². The lowest BCUT2D eigenvalue weighted by Gasteiger charge is -2.34. The average molecular weight is 363 g/mol. The van der Waals surface area contributed by atoms with E-state index in [0.29, 0.717) is 24.3 Å². The number of nitrogens with zero attached hydrogens (tertiary/aromatic N) is 3. The van der Waals surface area contributed by atoms with E-state index in [-0.39, 0.29) is 29.7 Å². The Kier molecular flexibility index (Phi) is 4.66. The minimum atomic E-state index is -3.66. The number of carbonyl (C=O) groups excluding carboxylic acids is 1. The maximum Gasteiger partial charge on any atom is 0.253 e. The standard InChI is InChI=1S/C17H21N3O4S/c1-12-4-6-15(7-5-12)17(21)19-8-10-20(11-9-19)25(22,23)16-13(2)18-24-14(16)3/h4-7H,8-11H2,1-3H3. The zero-order valence-electron chi connectivity index (χ0n) is 14.5. The number of piperazine rings is 1. The van der Waals surface area contributed by atoms with Crippen molar-refractivity contribution in [3.05, 3.63) is 46.8 Å². The van der Waals surface area contributed by atoms with Crippen molar-refractivity contribution < 1.29 is 17.7 Å². The van der Waals surface area contributed by atoms with Gasteiger partial charge >= 0.3 is 0 Å². The first-order valence-electron chi connectivity index (χ1n) is 8.09. The first-order valence-corrected chi connectivity index (χ1v) is 9.53. The molecule has 0 atom stereocenters. The molecular formula is C17H21N3O4S. The Morgan fingerprint density at radius 2 is 1.64 bits per heavy atom. The number of amides is 1. The molecule has 0 unspecified atom stereocenters. The van der Waals surface area contributed by atoms with Gasteiger partial charge in [0.1, 0.15) is 10.6 Å². The second-order valence-corrected chi connectivity index (χ2v) is 8.09. The van der Waals surface area contributed by atoms with Gasteiger partial charge in [0.25, 0.3) is 5.91 Å². The summed E-state index contributed by atoms with van der Waals surface area (Å²) in [4.78, 5) is 14.4. The highest BCUT2D eigenvalue weighted by Gasteiger charge is 2.34. The van der Waals surface area contributed by atoms with Crippen molar-refractivity contribution >= 4 is 15.9 Å². The summed E-state index contributed by atoms with van der Waals surface area (Å²) in [5.41, 5.74) is 2.07. The van der Waals surface area contributed by atoms with Crippen LogP contribution in [0.4, 0.5) is 0 Å². The maximum absolute atomic E-state index is 12.8. The predicted molar refractivity (Wildman–Crippen MR) is 91.8 cm³/mol. The smallest absolute Gasteiger partial charge is 0.253 e.